The number of sulfonamides is 1. The highest BCUT2D eigenvalue weighted by atomic mass is 32.2. The third-order valence-corrected chi connectivity index (χ3v) is 5.80. The molecule has 144 valence electrons. The van der Waals surface area contributed by atoms with Crippen LogP contribution in [0, 0.1) is 0 Å². The summed E-state index contributed by atoms with van der Waals surface area (Å²) in [7, 11) is -1.24. The molecule has 0 aromatic heterocycles. The van der Waals surface area contributed by atoms with Gasteiger partial charge >= 0.3 is 0 Å². The SMILES string of the molecule is COc1ccc(N(C(=O)c2ccccc2)S(=O)(=O)c2cccc(OC)c2)cc1. The first-order valence-electron chi connectivity index (χ1n) is 8.40. The second-order valence-corrected chi connectivity index (χ2v) is 7.60. The zero-order valence-corrected chi connectivity index (χ0v) is 16.2. The maximum absolute atomic E-state index is 13.4. The van der Waals surface area contributed by atoms with Gasteiger partial charge in [-0.05, 0) is 48.5 Å². The van der Waals surface area contributed by atoms with Crippen molar-refractivity contribution in [3.63, 3.8) is 0 Å². The summed E-state index contributed by atoms with van der Waals surface area (Å²) in [4.78, 5) is 13.1. The fraction of sp³-hybridized carbons (Fsp3) is 0.0952. The summed E-state index contributed by atoms with van der Waals surface area (Å²) in [6.07, 6.45) is 0. The van der Waals surface area contributed by atoms with Crippen molar-refractivity contribution in [2.45, 2.75) is 4.90 Å². The van der Waals surface area contributed by atoms with Gasteiger partial charge in [0.15, 0.2) is 0 Å². The van der Waals surface area contributed by atoms with Gasteiger partial charge in [0, 0.05) is 11.6 Å². The summed E-state index contributed by atoms with van der Waals surface area (Å²) in [5, 5.41) is 0. The Morgan fingerprint density at radius 1 is 0.786 bits per heavy atom. The second-order valence-electron chi connectivity index (χ2n) is 5.82. The fourth-order valence-corrected chi connectivity index (χ4v) is 4.10. The van der Waals surface area contributed by atoms with Crippen LogP contribution in [0.5, 0.6) is 11.5 Å². The Morgan fingerprint density at radius 3 is 2.04 bits per heavy atom. The van der Waals surface area contributed by atoms with E-state index in [4.69, 9.17) is 9.47 Å². The fourth-order valence-electron chi connectivity index (χ4n) is 2.65. The molecule has 3 aromatic rings. The van der Waals surface area contributed by atoms with Crippen molar-refractivity contribution in [2.24, 2.45) is 0 Å². The Kier molecular flexibility index (Phi) is 5.65. The van der Waals surface area contributed by atoms with Crippen LogP contribution in [0.1, 0.15) is 10.4 Å². The maximum Gasteiger partial charge on any atom is 0.272 e. The molecule has 0 bridgehead atoms. The maximum atomic E-state index is 13.4. The lowest BCUT2D eigenvalue weighted by atomic mass is 10.2. The molecule has 6 nitrogen and oxygen atoms in total. The Morgan fingerprint density at radius 2 is 1.43 bits per heavy atom. The Labute approximate surface area is 164 Å². The van der Waals surface area contributed by atoms with Crippen LogP contribution in [0.3, 0.4) is 0 Å². The normalized spacial score (nSPS) is 10.9. The molecule has 7 heteroatoms. The predicted octanol–water partition coefficient (Wildman–Crippen LogP) is 3.74. The zero-order chi connectivity index (χ0) is 20.1. The molecule has 1 amide bonds. The molecule has 0 N–H and O–H groups in total. The van der Waals surface area contributed by atoms with E-state index in [2.05, 4.69) is 0 Å². The highest BCUT2D eigenvalue weighted by Gasteiger charge is 2.32. The number of amides is 1. The number of hydrogen-bond acceptors (Lipinski definition) is 5. The molecular formula is C21H19NO5S. The van der Waals surface area contributed by atoms with E-state index < -0.39 is 15.9 Å². The van der Waals surface area contributed by atoms with E-state index in [1.807, 2.05) is 0 Å². The molecule has 0 aliphatic rings. The van der Waals surface area contributed by atoms with Gasteiger partial charge in [0.25, 0.3) is 15.9 Å². The van der Waals surface area contributed by atoms with Gasteiger partial charge in [-0.2, -0.15) is 4.31 Å². The summed E-state index contributed by atoms with van der Waals surface area (Å²) in [6.45, 7) is 0. The Bertz CT molecular complexity index is 1060. The van der Waals surface area contributed by atoms with E-state index in [0.717, 1.165) is 4.31 Å². The molecule has 0 fully saturated rings. The summed E-state index contributed by atoms with van der Waals surface area (Å²) in [5.41, 5.74) is 0.460. The minimum absolute atomic E-state index is 0.0491. The second kappa shape index (κ2) is 8.14. The van der Waals surface area contributed by atoms with E-state index in [-0.39, 0.29) is 16.1 Å². The number of carbonyl (C=O) groups excluding carboxylic acids is 1. The Balaban J connectivity index is 2.15. The number of rotatable bonds is 6. The number of anilines is 1. The molecule has 0 saturated heterocycles. The standard InChI is InChI=1S/C21H19NO5S/c1-26-18-13-11-17(12-14-18)22(21(23)16-7-4-3-5-8-16)28(24,25)20-10-6-9-19(15-20)27-2/h3-15H,1-2H3. The van der Waals surface area contributed by atoms with Gasteiger partial charge in [-0.3, -0.25) is 4.79 Å². The molecule has 0 aliphatic carbocycles. The van der Waals surface area contributed by atoms with Crippen LogP contribution in [0.25, 0.3) is 0 Å². The van der Waals surface area contributed by atoms with Crippen molar-refractivity contribution >= 4 is 21.6 Å². The minimum Gasteiger partial charge on any atom is -0.497 e. The van der Waals surface area contributed by atoms with Crippen molar-refractivity contribution in [3.8, 4) is 11.5 Å². The van der Waals surface area contributed by atoms with Crippen LogP contribution in [0.4, 0.5) is 5.69 Å². The summed E-state index contributed by atoms with van der Waals surface area (Å²) >= 11 is 0. The van der Waals surface area contributed by atoms with Gasteiger partial charge in [-0.15, -0.1) is 0 Å². The summed E-state index contributed by atoms with van der Waals surface area (Å²) in [6, 6.07) is 20.5. The molecule has 0 aliphatic heterocycles. The van der Waals surface area contributed by atoms with E-state index in [1.165, 1.54) is 38.5 Å². The third-order valence-electron chi connectivity index (χ3n) is 4.09. The van der Waals surface area contributed by atoms with Crippen molar-refractivity contribution in [3.05, 3.63) is 84.4 Å². The van der Waals surface area contributed by atoms with Crippen LogP contribution < -0.4 is 13.8 Å². The van der Waals surface area contributed by atoms with E-state index in [9.17, 15) is 13.2 Å². The van der Waals surface area contributed by atoms with Gasteiger partial charge in [-0.25, -0.2) is 8.42 Å². The lowest BCUT2D eigenvalue weighted by Crippen LogP contribution is -2.37. The molecular weight excluding hydrogens is 378 g/mol. The predicted molar refractivity (Wildman–Crippen MR) is 106 cm³/mol. The topological polar surface area (TPSA) is 72.9 Å². The van der Waals surface area contributed by atoms with E-state index in [0.29, 0.717) is 11.5 Å². The number of benzene rings is 3. The van der Waals surface area contributed by atoms with Gasteiger partial charge in [0.1, 0.15) is 11.5 Å². The van der Waals surface area contributed by atoms with Crippen molar-refractivity contribution in [1.82, 2.24) is 0 Å². The first-order chi connectivity index (χ1) is 13.5. The first kappa shape index (κ1) is 19.4. The molecule has 0 unspecified atom stereocenters. The number of nitrogens with zero attached hydrogens (tertiary/aromatic N) is 1. The van der Waals surface area contributed by atoms with Gasteiger partial charge in [-0.1, -0.05) is 24.3 Å². The lowest BCUT2D eigenvalue weighted by molar-refractivity contribution is 0.101. The quantitative estimate of drug-likeness (QED) is 0.634. The molecule has 3 rings (SSSR count). The third kappa shape index (κ3) is 3.84. The summed E-state index contributed by atoms with van der Waals surface area (Å²) < 4.78 is 37.8. The summed E-state index contributed by atoms with van der Waals surface area (Å²) in [5.74, 6) is 0.270. The Hall–Kier alpha value is -3.32. The van der Waals surface area contributed by atoms with Gasteiger partial charge in [0.05, 0.1) is 24.8 Å². The van der Waals surface area contributed by atoms with Crippen molar-refractivity contribution in [2.75, 3.05) is 18.5 Å². The van der Waals surface area contributed by atoms with Crippen LogP contribution in [0.2, 0.25) is 0 Å². The van der Waals surface area contributed by atoms with E-state index >= 15 is 0 Å². The number of ether oxygens (including phenoxy) is 2. The largest absolute Gasteiger partial charge is 0.497 e. The highest BCUT2D eigenvalue weighted by molar-refractivity contribution is 7.93. The lowest BCUT2D eigenvalue weighted by Gasteiger charge is -2.23. The average Bonchev–Trinajstić information content (AvgIpc) is 2.75. The number of hydrogen-bond donors (Lipinski definition) is 0. The van der Waals surface area contributed by atoms with Crippen LogP contribution in [-0.2, 0) is 10.0 Å². The monoisotopic (exact) mass is 397 g/mol. The molecule has 0 heterocycles. The van der Waals surface area contributed by atoms with Crippen molar-refractivity contribution in [1.29, 1.82) is 0 Å². The zero-order valence-electron chi connectivity index (χ0n) is 15.4. The molecule has 0 radical (unpaired) electrons. The van der Waals surface area contributed by atoms with Crippen molar-refractivity contribution < 1.29 is 22.7 Å². The smallest absolute Gasteiger partial charge is 0.272 e. The molecule has 0 saturated carbocycles. The van der Waals surface area contributed by atoms with Crippen LogP contribution in [0.15, 0.2) is 83.8 Å². The molecule has 28 heavy (non-hydrogen) atoms. The van der Waals surface area contributed by atoms with Crippen LogP contribution in [-0.4, -0.2) is 28.5 Å². The number of methoxy groups -OCH3 is 2. The molecule has 0 atom stereocenters. The minimum atomic E-state index is -4.19. The molecule has 3 aromatic carbocycles. The van der Waals surface area contributed by atoms with E-state index in [1.54, 1.807) is 54.6 Å². The van der Waals surface area contributed by atoms with Crippen LogP contribution >= 0.6 is 0 Å². The average molecular weight is 397 g/mol. The molecule has 0 spiro atoms. The van der Waals surface area contributed by atoms with Gasteiger partial charge < -0.3 is 9.47 Å². The first-order valence-corrected chi connectivity index (χ1v) is 9.84. The highest BCUT2D eigenvalue weighted by Crippen LogP contribution is 2.29. The van der Waals surface area contributed by atoms with Gasteiger partial charge in [0.2, 0.25) is 0 Å². The number of carbonyl (C=O) groups is 1.